The minimum Gasteiger partial charge on any atom is -0.379 e. The van der Waals surface area contributed by atoms with Gasteiger partial charge in [-0.05, 0) is 40.7 Å². The molecule has 98 valence electrons. The standard InChI is InChI=1S/C13H25N3O/c1-5-16-10-13(9-15-16)12(4)14-7-6-8-17-11(2)3/h9-12,14H,5-8H2,1-4H3. The molecular formula is C13H25N3O. The second kappa shape index (κ2) is 7.45. The Morgan fingerprint density at radius 1 is 1.41 bits per heavy atom. The van der Waals surface area contributed by atoms with Gasteiger partial charge in [0.25, 0.3) is 0 Å². The third-order valence-electron chi connectivity index (χ3n) is 2.70. The molecular weight excluding hydrogens is 214 g/mol. The minimum atomic E-state index is 0.329. The van der Waals surface area contributed by atoms with Crippen LogP contribution in [-0.2, 0) is 11.3 Å². The lowest BCUT2D eigenvalue weighted by Crippen LogP contribution is -2.21. The smallest absolute Gasteiger partial charge is 0.0537 e. The minimum absolute atomic E-state index is 0.329. The Balaban J connectivity index is 2.18. The summed E-state index contributed by atoms with van der Waals surface area (Å²) in [6, 6.07) is 0.356. The van der Waals surface area contributed by atoms with Gasteiger partial charge in [0.15, 0.2) is 0 Å². The van der Waals surface area contributed by atoms with E-state index in [9.17, 15) is 0 Å². The molecule has 17 heavy (non-hydrogen) atoms. The molecule has 0 spiro atoms. The number of hydrogen-bond donors (Lipinski definition) is 1. The fraction of sp³-hybridized carbons (Fsp3) is 0.769. The van der Waals surface area contributed by atoms with E-state index in [4.69, 9.17) is 4.74 Å². The van der Waals surface area contributed by atoms with E-state index < -0.39 is 0 Å². The molecule has 0 aliphatic rings. The highest BCUT2D eigenvalue weighted by Gasteiger charge is 2.06. The molecule has 0 amide bonds. The van der Waals surface area contributed by atoms with Gasteiger partial charge in [-0.1, -0.05) is 0 Å². The first kappa shape index (κ1) is 14.2. The lowest BCUT2D eigenvalue weighted by atomic mass is 10.2. The molecule has 1 N–H and O–H groups in total. The van der Waals surface area contributed by atoms with Crippen LogP contribution in [0.25, 0.3) is 0 Å². The maximum Gasteiger partial charge on any atom is 0.0537 e. The third-order valence-corrected chi connectivity index (χ3v) is 2.70. The maximum atomic E-state index is 5.49. The molecule has 0 saturated carbocycles. The Labute approximate surface area is 104 Å². The Kier molecular flexibility index (Phi) is 6.22. The highest BCUT2D eigenvalue weighted by molar-refractivity contribution is 5.08. The zero-order valence-electron chi connectivity index (χ0n) is 11.4. The summed E-state index contributed by atoms with van der Waals surface area (Å²) >= 11 is 0. The molecule has 1 aromatic heterocycles. The molecule has 1 unspecified atom stereocenters. The van der Waals surface area contributed by atoms with Crippen LogP contribution in [0.2, 0.25) is 0 Å². The van der Waals surface area contributed by atoms with Crippen molar-refractivity contribution in [3.63, 3.8) is 0 Å². The lowest BCUT2D eigenvalue weighted by molar-refractivity contribution is 0.0768. The Morgan fingerprint density at radius 3 is 2.76 bits per heavy atom. The number of nitrogens with one attached hydrogen (secondary N) is 1. The van der Waals surface area contributed by atoms with Crippen molar-refractivity contribution in [1.82, 2.24) is 15.1 Å². The van der Waals surface area contributed by atoms with E-state index in [0.29, 0.717) is 12.1 Å². The van der Waals surface area contributed by atoms with Gasteiger partial charge in [-0.3, -0.25) is 4.68 Å². The van der Waals surface area contributed by atoms with Gasteiger partial charge in [0, 0.05) is 31.0 Å². The Morgan fingerprint density at radius 2 is 2.18 bits per heavy atom. The lowest BCUT2D eigenvalue weighted by Gasteiger charge is -2.12. The van der Waals surface area contributed by atoms with Gasteiger partial charge in [0.2, 0.25) is 0 Å². The number of rotatable bonds is 8. The van der Waals surface area contributed by atoms with Crippen LogP contribution >= 0.6 is 0 Å². The Hall–Kier alpha value is -0.870. The molecule has 0 aliphatic heterocycles. The number of aryl methyl sites for hydroxylation is 1. The molecule has 0 aliphatic carbocycles. The van der Waals surface area contributed by atoms with Gasteiger partial charge in [-0.2, -0.15) is 5.10 Å². The summed E-state index contributed by atoms with van der Waals surface area (Å²) in [7, 11) is 0. The molecule has 1 atom stereocenters. The number of ether oxygens (including phenoxy) is 1. The highest BCUT2D eigenvalue weighted by atomic mass is 16.5. The van der Waals surface area contributed by atoms with Crippen LogP contribution in [0.4, 0.5) is 0 Å². The van der Waals surface area contributed by atoms with Crippen LogP contribution in [0, 0.1) is 0 Å². The van der Waals surface area contributed by atoms with E-state index >= 15 is 0 Å². The van der Waals surface area contributed by atoms with Crippen molar-refractivity contribution >= 4 is 0 Å². The van der Waals surface area contributed by atoms with E-state index in [1.807, 2.05) is 10.9 Å². The van der Waals surface area contributed by atoms with Crippen molar-refractivity contribution < 1.29 is 4.74 Å². The summed E-state index contributed by atoms with van der Waals surface area (Å²) in [6.45, 7) is 11.1. The first-order chi connectivity index (χ1) is 8.13. The first-order valence-corrected chi connectivity index (χ1v) is 6.50. The molecule has 4 heteroatoms. The number of aromatic nitrogens is 2. The zero-order chi connectivity index (χ0) is 12.7. The molecule has 1 rings (SSSR count). The van der Waals surface area contributed by atoms with Gasteiger partial charge in [-0.15, -0.1) is 0 Å². The third kappa shape index (κ3) is 5.33. The quantitative estimate of drug-likeness (QED) is 0.708. The van der Waals surface area contributed by atoms with E-state index in [1.165, 1.54) is 5.56 Å². The predicted octanol–water partition coefficient (Wildman–Crippen LogP) is 2.37. The molecule has 0 saturated heterocycles. The van der Waals surface area contributed by atoms with Crippen molar-refractivity contribution in [1.29, 1.82) is 0 Å². The fourth-order valence-corrected chi connectivity index (χ4v) is 1.60. The van der Waals surface area contributed by atoms with Gasteiger partial charge in [-0.25, -0.2) is 0 Å². The van der Waals surface area contributed by atoms with Crippen molar-refractivity contribution in [3.05, 3.63) is 18.0 Å². The summed E-state index contributed by atoms with van der Waals surface area (Å²) in [5, 5.41) is 7.75. The molecule has 1 heterocycles. The normalized spacial score (nSPS) is 13.2. The second-order valence-electron chi connectivity index (χ2n) is 4.58. The number of nitrogens with zero attached hydrogens (tertiary/aromatic N) is 2. The number of hydrogen-bond acceptors (Lipinski definition) is 3. The summed E-state index contributed by atoms with van der Waals surface area (Å²) in [5.74, 6) is 0. The van der Waals surface area contributed by atoms with Crippen LogP contribution in [0.5, 0.6) is 0 Å². The molecule has 1 aromatic rings. The van der Waals surface area contributed by atoms with Crippen LogP contribution in [0.1, 0.15) is 45.7 Å². The van der Waals surface area contributed by atoms with E-state index in [-0.39, 0.29) is 0 Å². The van der Waals surface area contributed by atoms with Crippen LogP contribution in [0.3, 0.4) is 0 Å². The monoisotopic (exact) mass is 239 g/mol. The predicted molar refractivity (Wildman–Crippen MR) is 70.0 cm³/mol. The summed E-state index contributed by atoms with van der Waals surface area (Å²) in [4.78, 5) is 0. The van der Waals surface area contributed by atoms with Gasteiger partial charge in [0.05, 0.1) is 12.3 Å². The molecule has 0 bridgehead atoms. The van der Waals surface area contributed by atoms with Crippen LogP contribution in [0.15, 0.2) is 12.4 Å². The van der Waals surface area contributed by atoms with E-state index in [0.717, 1.165) is 26.1 Å². The summed E-state index contributed by atoms with van der Waals surface area (Å²) in [6.07, 6.45) is 5.41. The second-order valence-corrected chi connectivity index (χ2v) is 4.58. The summed E-state index contributed by atoms with van der Waals surface area (Å²) in [5.41, 5.74) is 1.25. The van der Waals surface area contributed by atoms with E-state index in [2.05, 4.69) is 44.3 Å². The molecule has 4 nitrogen and oxygen atoms in total. The van der Waals surface area contributed by atoms with Gasteiger partial charge < -0.3 is 10.1 Å². The highest BCUT2D eigenvalue weighted by Crippen LogP contribution is 2.10. The van der Waals surface area contributed by atoms with Crippen molar-refractivity contribution in [2.45, 2.75) is 52.8 Å². The first-order valence-electron chi connectivity index (χ1n) is 6.50. The zero-order valence-corrected chi connectivity index (χ0v) is 11.4. The molecule has 0 fully saturated rings. The molecule has 0 aromatic carbocycles. The van der Waals surface area contributed by atoms with E-state index in [1.54, 1.807) is 0 Å². The molecule has 0 radical (unpaired) electrons. The summed E-state index contributed by atoms with van der Waals surface area (Å²) < 4.78 is 7.45. The van der Waals surface area contributed by atoms with Gasteiger partial charge in [0.1, 0.15) is 0 Å². The Bertz CT molecular complexity index is 309. The van der Waals surface area contributed by atoms with Crippen molar-refractivity contribution in [2.24, 2.45) is 0 Å². The average Bonchev–Trinajstić information content (AvgIpc) is 2.76. The fourth-order valence-electron chi connectivity index (χ4n) is 1.60. The topological polar surface area (TPSA) is 39.1 Å². The van der Waals surface area contributed by atoms with Crippen molar-refractivity contribution in [3.8, 4) is 0 Å². The largest absolute Gasteiger partial charge is 0.379 e. The van der Waals surface area contributed by atoms with Crippen LogP contribution < -0.4 is 5.32 Å². The SMILES string of the molecule is CCn1cc(C(C)NCCCOC(C)C)cn1. The van der Waals surface area contributed by atoms with Gasteiger partial charge >= 0.3 is 0 Å². The van der Waals surface area contributed by atoms with Crippen molar-refractivity contribution in [2.75, 3.05) is 13.2 Å². The maximum absolute atomic E-state index is 5.49. The average molecular weight is 239 g/mol. The van der Waals surface area contributed by atoms with Crippen LogP contribution in [-0.4, -0.2) is 29.0 Å².